The van der Waals surface area contributed by atoms with Crippen molar-refractivity contribution in [2.75, 3.05) is 13.1 Å². The molecule has 0 radical (unpaired) electrons. The van der Waals surface area contributed by atoms with Crippen LogP contribution in [0.1, 0.15) is 103 Å². The summed E-state index contributed by atoms with van der Waals surface area (Å²) in [5, 5.41) is 52.1. The van der Waals surface area contributed by atoms with Gasteiger partial charge >= 0.3 is 0 Å². The van der Waals surface area contributed by atoms with Crippen molar-refractivity contribution < 1.29 is 0 Å². The fraction of sp³-hybridized carbons (Fsp3) is 0.867. The first kappa shape index (κ1) is 33.0. The molecular weight excluding hydrogens is 571 g/mol. The summed E-state index contributed by atoms with van der Waals surface area (Å²) in [4.78, 5) is 0. The van der Waals surface area contributed by atoms with Gasteiger partial charge in [-0.05, 0) is 125 Å². The fourth-order valence-corrected chi connectivity index (χ4v) is 10.5. The molecule has 12 heteroatoms. The minimum Gasteiger partial charge on any atom is -0.356 e. The van der Waals surface area contributed by atoms with Crippen LogP contribution in [0, 0.1) is 57.1 Å². The number of nitrogens with one attached hydrogen (secondary N) is 10. The topological polar surface area (TPSA) is 168 Å². The van der Waals surface area contributed by atoms with Crippen molar-refractivity contribution in [3.05, 3.63) is 0 Å². The summed E-state index contributed by atoms with van der Waals surface area (Å²) >= 11 is 0. The molecule has 8 fully saturated rings. The average Bonchev–Trinajstić information content (AvgIpc) is 2.83. The highest BCUT2D eigenvalue weighted by Crippen LogP contribution is 2.56. The molecule has 10 nitrogen and oxygen atoms in total. The molecule has 0 unspecified atom stereocenters. The zero-order chi connectivity index (χ0) is 27.7. The lowest BCUT2D eigenvalue weighted by Gasteiger charge is -2.57. The van der Waals surface area contributed by atoms with E-state index in [2.05, 4.69) is 31.9 Å². The van der Waals surface area contributed by atoms with E-state index < -0.39 is 0 Å². The molecule has 8 aliphatic rings. The van der Waals surface area contributed by atoms with Crippen LogP contribution in [0.5, 0.6) is 0 Å². The first-order valence-electron chi connectivity index (χ1n) is 16.2. The highest BCUT2D eigenvalue weighted by atomic mass is 35.5. The zero-order valence-electron chi connectivity index (χ0n) is 25.0. The molecule has 0 aromatic heterocycles. The lowest BCUT2D eigenvalue weighted by molar-refractivity contribution is -0.0107. The molecule has 0 spiro atoms. The van der Waals surface area contributed by atoms with E-state index in [0.29, 0.717) is 13.1 Å². The van der Waals surface area contributed by atoms with Gasteiger partial charge in [0.15, 0.2) is 23.8 Å². The van der Waals surface area contributed by atoms with E-state index in [4.69, 9.17) is 21.6 Å². The maximum atomic E-state index is 8.38. The summed E-state index contributed by atoms with van der Waals surface area (Å²) < 4.78 is 0. The summed E-state index contributed by atoms with van der Waals surface area (Å²) in [6, 6.07) is 0. The van der Waals surface area contributed by atoms with Crippen LogP contribution in [-0.2, 0) is 0 Å². The second kappa shape index (κ2) is 13.8. The molecule has 238 valence electrons. The van der Waals surface area contributed by atoms with Gasteiger partial charge in [0.1, 0.15) is 0 Å². The molecule has 0 amide bonds. The highest BCUT2D eigenvalue weighted by Gasteiger charge is 2.52. The molecule has 0 heterocycles. The highest BCUT2D eigenvalue weighted by molar-refractivity contribution is 5.96. The molecule has 42 heavy (non-hydrogen) atoms. The van der Waals surface area contributed by atoms with E-state index in [1.165, 1.54) is 77.0 Å². The largest absolute Gasteiger partial charge is 0.356 e. The van der Waals surface area contributed by atoms with Crippen LogP contribution in [0.15, 0.2) is 0 Å². The predicted octanol–water partition coefficient (Wildman–Crippen LogP) is 4.60. The van der Waals surface area contributed by atoms with Crippen LogP contribution in [0.2, 0.25) is 0 Å². The van der Waals surface area contributed by atoms with Crippen LogP contribution in [0.4, 0.5) is 0 Å². The molecule has 0 atom stereocenters. The molecular formula is C30H54Cl2N10. The van der Waals surface area contributed by atoms with E-state index in [1.54, 1.807) is 0 Å². The van der Waals surface area contributed by atoms with Crippen molar-refractivity contribution in [2.45, 2.75) is 114 Å². The Morgan fingerprint density at radius 3 is 1.02 bits per heavy atom. The third kappa shape index (κ3) is 7.96. The standard InChI is InChI=1S/C30H52N10.2ClH/c31-25(37-27(33)39-29-13-19-7-20(14-29)9-21(8-19)15-29)35-5-3-1-2-4-6-36-26(32)38-28(34)40-30-16-22-10-23(17-30)12-24(11-22)18-30;;/h19-24H,1-18H2,(H5,31,33,35,37,39)(H5,32,34,36,38,40);2*1H. The number of halogens is 2. The van der Waals surface area contributed by atoms with Gasteiger partial charge in [-0.1, -0.05) is 12.8 Å². The number of hydrogen-bond acceptors (Lipinski definition) is 4. The van der Waals surface area contributed by atoms with Crippen molar-refractivity contribution >= 4 is 48.7 Å². The summed E-state index contributed by atoms with van der Waals surface area (Å²) in [5.41, 5.74) is 0.175. The van der Waals surface area contributed by atoms with Crippen molar-refractivity contribution in [3.63, 3.8) is 0 Å². The van der Waals surface area contributed by atoms with E-state index in [0.717, 1.165) is 61.2 Å². The number of rotatable bonds is 9. The van der Waals surface area contributed by atoms with E-state index in [9.17, 15) is 0 Å². The van der Waals surface area contributed by atoms with Crippen molar-refractivity contribution in [2.24, 2.45) is 35.5 Å². The average molecular weight is 626 g/mol. The number of hydrogen-bond donors (Lipinski definition) is 10. The third-order valence-corrected chi connectivity index (χ3v) is 11.1. The Labute approximate surface area is 264 Å². The summed E-state index contributed by atoms with van der Waals surface area (Å²) in [6.07, 6.45) is 19.5. The summed E-state index contributed by atoms with van der Waals surface area (Å²) in [5.74, 6) is 5.95. The van der Waals surface area contributed by atoms with Crippen LogP contribution in [0.3, 0.4) is 0 Å². The number of unbranched alkanes of at least 4 members (excludes halogenated alkanes) is 3. The van der Waals surface area contributed by atoms with Gasteiger partial charge in [-0.2, -0.15) is 0 Å². The van der Waals surface area contributed by atoms with Crippen molar-refractivity contribution in [1.82, 2.24) is 31.9 Å². The Morgan fingerprint density at radius 1 is 0.452 bits per heavy atom. The summed E-state index contributed by atoms with van der Waals surface area (Å²) in [6.45, 7) is 1.43. The Hall–Kier alpha value is -1.94. The molecule has 0 saturated heterocycles. The maximum absolute atomic E-state index is 8.38. The lowest BCUT2D eigenvalue weighted by Crippen LogP contribution is -2.62. The van der Waals surface area contributed by atoms with Gasteiger partial charge in [0.2, 0.25) is 0 Å². The van der Waals surface area contributed by atoms with Gasteiger partial charge in [0.05, 0.1) is 0 Å². The first-order valence-corrected chi connectivity index (χ1v) is 16.2. The Morgan fingerprint density at radius 2 is 0.738 bits per heavy atom. The van der Waals surface area contributed by atoms with Crippen LogP contribution in [0.25, 0.3) is 0 Å². The van der Waals surface area contributed by atoms with Gasteiger partial charge in [0.25, 0.3) is 0 Å². The van der Waals surface area contributed by atoms with Gasteiger partial charge < -0.3 is 21.3 Å². The maximum Gasteiger partial charge on any atom is 0.195 e. The van der Waals surface area contributed by atoms with Gasteiger partial charge in [0, 0.05) is 24.2 Å². The molecule has 8 saturated carbocycles. The smallest absolute Gasteiger partial charge is 0.195 e. The second-order valence-corrected chi connectivity index (χ2v) is 14.7. The van der Waals surface area contributed by atoms with Gasteiger partial charge in [-0.3, -0.25) is 32.3 Å². The Bertz CT molecular complexity index is 852. The summed E-state index contributed by atoms with van der Waals surface area (Å²) in [7, 11) is 0. The van der Waals surface area contributed by atoms with E-state index in [1.807, 2.05) is 0 Å². The molecule has 0 aliphatic heterocycles. The molecule has 8 bridgehead atoms. The first-order chi connectivity index (χ1) is 19.3. The Balaban J connectivity index is 0.00000202. The normalized spacial score (nSPS) is 36.2. The monoisotopic (exact) mass is 624 g/mol. The molecule has 8 aliphatic carbocycles. The zero-order valence-corrected chi connectivity index (χ0v) is 26.6. The quantitative estimate of drug-likeness (QED) is 0.102. The Kier molecular flexibility index (Phi) is 10.8. The van der Waals surface area contributed by atoms with Crippen LogP contribution >= 0.6 is 24.8 Å². The number of guanidine groups is 4. The molecule has 10 N–H and O–H groups in total. The minimum absolute atomic E-state index is 0. The lowest BCUT2D eigenvalue weighted by atomic mass is 9.53. The SMILES string of the molecule is Cl.Cl.N=C(NCCCCCCNC(=N)NC(=N)NC12CC3CC(CC(C3)C1)C2)NC(=N)NC12CC3CC(CC(C3)C1)C2. The molecule has 0 aromatic carbocycles. The van der Waals surface area contributed by atoms with Crippen LogP contribution in [-0.4, -0.2) is 48.0 Å². The third-order valence-electron chi connectivity index (χ3n) is 11.1. The fourth-order valence-electron chi connectivity index (χ4n) is 10.5. The van der Waals surface area contributed by atoms with Crippen molar-refractivity contribution in [1.29, 1.82) is 21.6 Å². The van der Waals surface area contributed by atoms with Gasteiger partial charge in [-0.25, -0.2) is 0 Å². The van der Waals surface area contributed by atoms with Crippen LogP contribution < -0.4 is 31.9 Å². The second-order valence-electron chi connectivity index (χ2n) is 14.7. The predicted molar refractivity (Wildman–Crippen MR) is 174 cm³/mol. The van der Waals surface area contributed by atoms with Gasteiger partial charge in [-0.15, -0.1) is 24.8 Å². The van der Waals surface area contributed by atoms with E-state index in [-0.39, 0.29) is 59.7 Å². The minimum atomic E-state index is 0. The molecule has 0 aromatic rings. The molecule has 8 rings (SSSR count). The van der Waals surface area contributed by atoms with E-state index >= 15 is 0 Å². The van der Waals surface area contributed by atoms with Crippen molar-refractivity contribution in [3.8, 4) is 0 Å².